The van der Waals surface area contributed by atoms with Crippen LogP contribution in [-0.4, -0.2) is 6.54 Å². The van der Waals surface area contributed by atoms with E-state index in [1.165, 1.54) is 83.5 Å². The lowest BCUT2D eigenvalue weighted by atomic mass is 10.0. The summed E-state index contributed by atoms with van der Waals surface area (Å²) >= 11 is 0. The maximum atomic E-state index is 5.41. The highest BCUT2D eigenvalue weighted by Gasteiger charge is 1.93. The predicted octanol–water partition coefficient (Wildman–Crippen LogP) is 5.24. The number of hydrogen-bond acceptors (Lipinski definition) is 1. The molecule has 1 nitrogen and oxygen atoms in total. The summed E-state index contributed by atoms with van der Waals surface area (Å²) in [5, 5.41) is 0. The van der Waals surface area contributed by atoms with Crippen LogP contribution in [0.15, 0.2) is 0 Å². The van der Waals surface area contributed by atoms with Gasteiger partial charge in [-0.15, -0.1) is 0 Å². The van der Waals surface area contributed by atoms with Crippen molar-refractivity contribution in [3.05, 3.63) is 6.42 Å². The van der Waals surface area contributed by atoms with E-state index in [4.69, 9.17) is 5.73 Å². The first-order valence-corrected chi connectivity index (χ1v) is 7.93. The molecule has 103 valence electrons. The van der Waals surface area contributed by atoms with Gasteiger partial charge in [-0.3, -0.25) is 0 Å². The molecule has 0 atom stereocenters. The van der Waals surface area contributed by atoms with E-state index in [1.54, 1.807) is 0 Å². The van der Waals surface area contributed by atoms with Crippen LogP contribution in [-0.2, 0) is 0 Å². The van der Waals surface area contributed by atoms with Crippen LogP contribution >= 0.6 is 0 Å². The van der Waals surface area contributed by atoms with Crippen molar-refractivity contribution in [2.75, 3.05) is 6.54 Å². The van der Waals surface area contributed by atoms with Crippen LogP contribution in [0.4, 0.5) is 0 Å². The Morgan fingerprint density at radius 3 is 1.47 bits per heavy atom. The molecule has 1 radical (unpaired) electrons. The first-order chi connectivity index (χ1) is 8.41. The van der Waals surface area contributed by atoms with Crippen molar-refractivity contribution in [3.8, 4) is 0 Å². The average Bonchev–Trinajstić information content (AvgIpc) is 2.35. The third-order valence-electron chi connectivity index (χ3n) is 3.43. The largest absolute Gasteiger partial charge is 0.330 e. The molecule has 0 aromatic carbocycles. The fourth-order valence-electron chi connectivity index (χ4n) is 2.25. The summed E-state index contributed by atoms with van der Waals surface area (Å²) in [6, 6.07) is 0. The summed E-state index contributed by atoms with van der Waals surface area (Å²) in [5.74, 6) is 0. The van der Waals surface area contributed by atoms with Crippen LogP contribution in [0.3, 0.4) is 0 Å². The molecule has 0 aliphatic heterocycles. The third kappa shape index (κ3) is 16.0. The Morgan fingerprint density at radius 1 is 0.647 bits per heavy atom. The lowest BCUT2D eigenvalue weighted by molar-refractivity contribution is 0.543. The quantitative estimate of drug-likeness (QED) is 0.413. The summed E-state index contributed by atoms with van der Waals surface area (Å²) in [6.45, 7) is 3.03. The number of nitrogens with two attached hydrogens (primary N) is 1. The molecular weight excluding hydrogens is 206 g/mol. The Kier molecular flexibility index (Phi) is 15.9. The van der Waals surface area contributed by atoms with Crippen LogP contribution in [0.1, 0.15) is 90.4 Å². The van der Waals surface area contributed by atoms with Crippen molar-refractivity contribution < 1.29 is 0 Å². The standard InChI is InChI=1S/C16H34N/c1-2-3-4-5-6-7-8-9-10-11-12-13-14-15-16-17/h15H,2-14,16-17H2,1H3. The normalized spacial score (nSPS) is 10.9. The highest BCUT2D eigenvalue weighted by atomic mass is 14.5. The van der Waals surface area contributed by atoms with E-state index in [2.05, 4.69) is 13.3 Å². The molecule has 0 spiro atoms. The summed E-state index contributed by atoms with van der Waals surface area (Å²) < 4.78 is 0. The van der Waals surface area contributed by atoms with E-state index >= 15 is 0 Å². The summed E-state index contributed by atoms with van der Waals surface area (Å²) in [5.41, 5.74) is 5.41. The zero-order chi connectivity index (χ0) is 12.6. The zero-order valence-electron chi connectivity index (χ0n) is 12.1. The molecule has 17 heavy (non-hydrogen) atoms. The Balaban J connectivity index is 2.85. The minimum Gasteiger partial charge on any atom is -0.330 e. The summed E-state index contributed by atoms with van der Waals surface area (Å²) in [4.78, 5) is 0. The van der Waals surface area contributed by atoms with Crippen LogP contribution in [0.25, 0.3) is 0 Å². The summed E-state index contributed by atoms with van der Waals surface area (Å²) in [7, 11) is 0. The van der Waals surface area contributed by atoms with Crippen molar-refractivity contribution in [3.63, 3.8) is 0 Å². The van der Waals surface area contributed by atoms with Crippen LogP contribution < -0.4 is 5.73 Å². The van der Waals surface area contributed by atoms with Gasteiger partial charge in [0.15, 0.2) is 0 Å². The van der Waals surface area contributed by atoms with Gasteiger partial charge in [0.05, 0.1) is 0 Å². The van der Waals surface area contributed by atoms with Crippen molar-refractivity contribution in [1.29, 1.82) is 0 Å². The zero-order valence-corrected chi connectivity index (χ0v) is 12.1. The summed E-state index contributed by atoms with van der Waals surface area (Å²) in [6.07, 6.45) is 20.6. The predicted molar refractivity (Wildman–Crippen MR) is 79.0 cm³/mol. The van der Waals surface area contributed by atoms with Gasteiger partial charge in [-0.25, -0.2) is 0 Å². The molecule has 1 heteroatoms. The molecule has 2 N–H and O–H groups in total. The van der Waals surface area contributed by atoms with Gasteiger partial charge in [0.2, 0.25) is 0 Å². The van der Waals surface area contributed by atoms with Gasteiger partial charge in [0, 0.05) is 0 Å². The Morgan fingerprint density at radius 2 is 1.06 bits per heavy atom. The molecule has 0 aliphatic rings. The molecule has 0 aliphatic carbocycles. The minimum absolute atomic E-state index is 0.748. The number of unbranched alkanes of at least 4 members (excludes halogenated alkanes) is 13. The number of hydrogen-bond donors (Lipinski definition) is 1. The Hall–Kier alpha value is -0.0400. The highest BCUT2D eigenvalue weighted by molar-refractivity contribution is 4.64. The van der Waals surface area contributed by atoms with Gasteiger partial charge in [0.1, 0.15) is 0 Å². The average molecular weight is 240 g/mol. The molecule has 0 fully saturated rings. The first-order valence-electron chi connectivity index (χ1n) is 7.93. The van der Waals surface area contributed by atoms with E-state index < -0.39 is 0 Å². The lowest BCUT2D eigenvalue weighted by Crippen LogP contribution is -1.98. The van der Waals surface area contributed by atoms with Crippen molar-refractivity contribution in [2.45, 2.75) is 90.4 Å². The van der Waals surface area contributed by atoms with Crippen molar-refractivity contribution >= 4 is 0 Å². The second kappa shape index (κ2) is 16.0. The fraction of sp³-hybridized carbons (Fsp3) is 0.938. The maximum absolute atomic E-state index is 5.41. The third-order valence-corrected chi connectivity index (χ3v) is 3.43. The number of rotatable bonds is 14. The smallest absolute Gasteiger partial charge is 0.00457 e. The van der Waals surface area contributed by atoms with Gasteiger partial charge >= 0.3 is 0 Å². The second-order valence-corrected chi connectivity index (χ2v) is 5.20. The first kappa shape index (κ1) is 17.0. The topological polar surface area (TPSA) is 26.0 Å². The molecule has 0 unspecified atom stereocenters. The monoisotopic (exact) mass is 240 g/mol. The Bertz CT molecular complexity index is 109. The molecule has 0 aromatic heterocycles. The molecule has 0 bridgehead atoms. The van der Waals surface area contributed by atoms with Gasteiger partial charge < -0.3 is 5.73 Å². The molecular formula is C16H34N. The molecule has 0 saturated carbocycles. The lowest BCUT2D eigenvalue weighted by Gasteiger charge is -2.02. The molecule has 0 amide bonds. The van der Waals surface area contributed by atoms with Gasteiger partial charge in [-0.2, -0.15) is 0 Å². The van der Waals surface area contributed by atoms with E-state index in [0.717, 1.165) is 6.54 Å². The second-order valence-electron chi connectivity index (χ2n) is 5.20. The van der Waals surface area contributed by atoms with Crippen LogP contribution in [0.2, 0.25) is 0 Å². The SMILES string of the molecule is CCCCCCCCCCCCCC[CH]CN. The van der Waals surface area contributed by atoms with Gasteiger partial charge in [-0.05, 0) is 19.4 Å². The van der Waals surface area contributed by atoms with Gasteiger partial charge in [0.25, 0.3) is 0 Å². The minimum atomic E-state index is 0.748. The van der Waals surface area contributed by atoms with Crippen LogP contribution in [0.5, 0.6) is 0 Å². The van der Waals surface area contributed by atoms with Crippen molar-refractivity contribution in [1.82, 2.24) is 0 Å². The maximum Gasteiger partial charge on any atom is -0.00457 e. The van der Waals surface area contributed by atoms with E-state index in [-0.39, 0.29) is 0 Å². The molecule has 0 rings (SSSR count). The molecule has 0 saturated heterocycles. The van der Waals surface area contributed by atoms with E-state index in [0.29, 0.717) is 0 Å². The fourth-order valence-corrected chi connectivity index (χ4v) is 2.25. The Labute approximate surface area is 110 Å². The molecule has 0 aromatic rings. The van der Waals surface area contributed by atoms with Crippen molar-refractivity contribution in [2.24, 2.45) is 5.73 Å². The van der Waals surface area contributed by atoms with E-state index in [9.17, 15) is 0 Å². The highest BCUT2D eigenvalue weighted by Crippen LogP contribution is 2.12. The molecule has 0 heterocycles. The van der Waals surface area contributed by atoms with Crippen LogP contribution in [0, 0.1) is 6.42 Å². The van der Waals surface area contributed by atoms with Gasteiger partial charge in [-0.1, -0.05) is 84.0 Å². The van der Waals surface area contributed by atoms with E-state index in [1.807, 2.05) is 0 Å².